The van der Waals surface area contributed by atoms with Crippen LogP contribution in [0.2, 0.25) is 0 Å². The van der Waals surface area contributed by atoms with E-state index >= 15 is 0 Å². The summed E-state index contributed by atoms with van der Waals surface area (Å²) in [6.07, 6.45) is 0.739. The molecule has 2 aromatic carbocycles. The van der Waals surface area contributed by atoms with Gasteiger partial charge in [-0.3, -0.25) is 10.1 Å². The summed E-state index contributed by atoms with van der Waals surface area (Å²) in [5.74, 6) is 0.842. The molecule has 1 amide bonds. The molecule has 0 radical (unpaired) electrons. The highest BCUT2D eigenvalue weighted by Crippen LogP contribution is 2.25. The summed E-state index contributed by atoms with van der Waals surface area (Å²) in [6.45, 7) is 0.847. The number of nitrogens with one attached hydrogen (secondary N) is 2. The summed E-state index contributed by atoms with van der Waals surface area (Å²) >= 11 is 1.69. The smallest absolute Gasteiger partial charge is 0.233 e. The Hall–Kier alpha value is -2.63. The van der Waals surface area contributed by atoms with Gasteiger partial charge in [-0.25, -0.2) is 0 Å². The molecule has 0 spiro atoms. The predicted molar refractivity (Wildman–Crippen MR) is 110 cm³/mol. The molecule has 0 aliphatic carbocycles. The fourth-order valence-electron chi connectivity index (χ4n) is 2.99. The topological polar surface area (TPSA) is 50.4 Å². The van der Waals surface area contributed by atoms with E-state index in [1.807, 2.05) is 48.5 Å². The van der Waals surface area contributed by atoms with Crippen LogP contribution in [0.15, 0.2) is 72.1 Å². The van der Waals surface area contributed by atoms with Gasteiger partial charge in [0.15, 0.2) is 0 Å². The van der Waals surface area contributed by atoms with Crippen LogP contribution in [0.1, 0.15) is 22.0 Å². The van der Waals surface area contributed by atoms with E-state index < -0.39 is 0 Å². The second-order valence-electron chi connectivity index (χ2n) is 6.15. The van der Waals surface area contributed by atoms with Crippen LogP contribution in [0, 0.1) is 0 Å². The molecule has 0 saturated carbocycles. The molecule has 1 heterocycles. The molecule has 140 valence electrons. The van der Waals surface area contributed by atoms with Crippen LogP contribution in [0.3, 0.4) is 0 Å². The number of hydrogen-bond donors (Lipinski definition) is 2. The molecule has 27 heavy (non-hydrogen) atoms. The van der Waals surface area contributed by atoms with Crippen LogP contribution in [-0.4, -0.2) is 26.1 Å². The Balaban J connectivity index is 1.52. The Bertz CT molecular complexity index is 835. The second-order valence-corrected chi connectivity index (χ2v) is 7.13. The van der Waals surface area contributed by atoms with Crippen LogP contribution in [-0.2, 0) is 11.2 Å². The maximum absolute atomic E-state index is 12.3. The van der Waals surface area contributed by atoms with E-state index in [1.54, 1.807) is 18.4 Å². The highest BCUT2D eigenvalue weighted by atomic mass is 32.1. The van der Waals surface area contributed by atoms with E-state index in [0.29, 0.717) is 6.54 Å². The van der Waals surface area contributed by atoms with Crippen molar-refractivity contribution >= 4 is 17.2 Å². The fraction of sp³-hybridized carbons (Fsp3) is 0.227. The number of hydrogen-bond acceptors (Lipinski definition) is 4. The van der Waals surface area contributed by atoms with E-state index in [2.05, 4.69) is 34.2 Å². The van der Waals surface area contributed by atoms with Gasteiger partial charge in [0.25, 0.3) is 0 Å². The molecule has 0 unspecified atom stereocenters. The normalized spacial score (nSPS) is 11.7. The first-order chi connectivity index (χ1) is 13.3. The average Bonchev–Trinajstić information content (AvgIpc) is 3.24. The van der Waals surface area contributed by atoms with Crippen molar-refractivity contribution in [1.82, 2.24) is 10.6 Å². The largest absolute Gasteiger partial charge is 0.496 e. The third kappa shape index (κ3) is 5.42. The van der Waals surface area contributed by atoms with Gasteiger partial charge in [0.2, 0.25) is 5.91 Å². The van der Waals surface area contributed by atoms with Crippen LogP contribution in [0.5, 0.6) is 5.75 Å². The van der Waals surface area contributed by atoms with Crippen molar-refractivity contribution in [2.24, 2.45) is 0 Å². The van der Waals surface area contributed by atoms with Crippen molar-refractivity contribution in [2.75, 3.05) is 20.2 Å². The molecule has 0 aliphatic heterocycles. The Labute approximate surface area is 164 Å². The van der Waals surface area contributed by atoms with Crippen molar-refractivity contribution in [1.29, 1.82) is 0 Å². The van der Waals surface area contributed by atoms with E-state index in [9.17, 15) is 4.79 Å². The lowest BCUT2D eigenvalue weighted by Crippen LogP contribution is -2.36. The molecule has 2 N–H and O–H groups in total. The number of benzene rings is 2. The van der Waals surface area contributed by atoms with Gasteiger partial charge in [0, 0.05) is 11.4 Å². The Morgan fingerprint density at radius 3 is 2.56 bits per heavy atom. The Morgan fingerprint density at radius 2 is 1.81 bits per heavy atom. The molecule has 3 aromatic rings. The quantitative estimate of drug-likeness (QED) is 0.594. The average molecular weight is 381 g/mol. The number of methoxy groups -OCH3 is 1. The zero-order chi connectivity index (χ0) is 18.9. The summed E-state index contributed by atoms with van der Waals surface area (Å²) in [7, 11) is 1.66. The Kier molecular flexibility index (Phi) is 7.02. The molecule has 4 nitrogen and oxygen atoms in total. The van der Waals surface area contributed by atoms with E-state index in [-0.39, 0.29) is 18.5 Å². The molecule has 0 bridgehead atoms. The van der Waals surface area contributed by atoms with Crippen molar-refractivity contribution < 1.29 is 9.53 Å². The predicted octanol–water partition coefficient (Wildman–Crippen LogP) is 3.79. The lowest BCUT2D eigenvalue weighted by Gasteiger charge is -2.18. The van der Waals surface area contributed by atoms with Gasteiger partial charge in [-0.2, -0.15) is 0 Å². The molecule has 5 heteroatoms. The first kappa shape index (κ1) is 19.1. The molecular weight excluding hydrogens is 356 g/mol. The third-order valence-corrected chi connectivity index (χ3v) is 5.27. The van der Waals surface area contributed by atoms with Crippen molar-refractivity contribution in [2.45, 2.75) is 12.5 Å². The third-order valence-electron chi connectivity index (χ3n) is 4.34. The molecule has 0 fully saturated rings. The van der Waals surface area contributed by atoms with Crippen LogP contribution >= 0.6 is 11.3 Å². The summed E-state index contributed by atoms with van der Waals surface area (Å²) in [5, 5.41) is 8.42. The van der Waals surface area contributed by atoms with Gasteiger partial charge in [-0.05, 0) is 35.1 Å². The van der Waals surface area contributed by atoms with Gasteiger partial charge in [-0.15, -0.1) is 11.3 Å². The summed E-state index contributed by atoms with van der Waals surface area (Å²) in [6, 6.07) is 22.2. The molecular formula is C22H24N2O2S. The maximum atomic E-state index is 12.3. The lowest BCUT2D eigenvalue weighted by atomic mass is 10.1. The van der Waals surface area contributed by atoms with Gasteiger partial charge in [0.1, 0.15) is 5.75 Å². The van der Waals surface area contributed by atoms with Crippen molar-refractivity contribution in [3.8, 4) is 5.75 Å². The number of rotatable bonds is 9. The van der Waals surface area contributed by atoms with Crippen molar-refractivity contribution in [3.63, 3.8) is 0 Å². The number of amides is 1. The number of thiophene rings is 1. The number of carbonyl (C=O) groups excluding carboxylic acids is 1. The maximum Gasteiger partial charge on any atom is 0.233 e. The van der Waals surface area contributed by atoms with Gasteiger partial charge < -0.3 is 10.1 Å². The number of carbonyl (C=O) groups is 1. The zero-order valence-corrected chi connectivity index (χ0v) is 16.2. The van der Waals surface area contributed by atoms with Crippen LogP contribution in [0.25, 0.3) is 0 Å². The summed E-state index contributed by atoms with van der Waals surface area (Å²) < 4.78 is 5.35. The highest BCUT2D eigenvalue weighted by molar-refractivity contribution is 7.10. The number of ether oxygens (including phenoxy) is 1. The first-order valence-electron chi connectivity index (χ1n) is 8.98. The van der Waals surface area contributed by atoms with Crippen molar-refractivity contribution in [3.05, 3.63) is 88.1 Å². The minimum atomic E-state index is -0.0117. The molecule has 1 aromatic heterocycles. The van der Waals surface area contributed by atoms with E-state index in [1.165, 1.54) is 4.88 Å². The highest BCUT2D eigenvalue weighted by Gasteiger charge is 2.15. The van der Waals surface area contributed by atoms with Gasteiger partial charge in [-0.1, -0.05) is 54.6 Å². The second kappa shape index (κ2) is 9.90. The standard InChI is InChI=1S/C22H24N2O2S/c1-26-19-11-6-5-8-17(19)13-14-23-21(25)16-24-22(20-12-7-15-27-20)18-9-3-2-4-10-18/h2-12,15,22,24H,13-14,16H2,1H3,(H,23,25)/t22-/m0/s1. The van der Waals surface area contributed by atoms with E-state index in [0.717, 1.165) is 23.3 Å². The summed E-state index contributed by atoms with van der Waals surface area (Å²) in [4.78, 5) is 13.5. The van der Waals surface area contributed by atoms with Gasteiger partial charge >= 0.3 is 0 Å². The summed E-state index contributed by atoms with van der Waals surface area (Å²) in [5.41, 5.74) is 2.25. The molecule has 1 atom stereocenters. The molecule has 3 rings (SSSR count). The zero-order valence-electron chi connectivity index (χ0n) is 15.4. The molecule has 0 saturated heterocycles. The monoisotopic (exact) mass is 380 g/mol. The minimum Gasteiger partial charge on any atom is -0.496 e. The van der Waals surface area contributed by atoms with Crippen LogP contribution in [0.4, 0.5) is 0 Å². The molecule has 0 aliphatic rings. The SMILES string of the molecule is COc1ccccc1CCNC(=O)CN[C@@H](c1ccccc1)c1cccs1. The number of para-hydroxylation sites is 1. The van der Waals surface area contributed by atoms with Gasteiger partial charge in [0.05, 0.1) is 19.7 Å². The fourth-order valence-corrected chi connectivity index (χ4v) is 3.81. The van der Waals surface area contributed by atoms with E-state index in [4.69, 9.17) is 4.74 Å². The minimum absolute atomic E-state index is 0.0117. The van der Waals surface area contributed by atoms with Crippen LogP contribution < -0.4 is 15.4 Å². The Morgan fingerprint density at radius 1 is 1.04 bits per heavy atom. The lowest BCUT2D eigenvalue weighted by molar-refractivity contribution is -0.120. The first-order valence-corrected chi connectivity index (χ1v) is 9.86.